The molecule has 0 saturated carbocycles. The van der Waals surface area contributed by atoms with E-state index in [1.165, 1.54) is 0 Å². The summed E-state index contributed by atoms with van der Waals surface area (Å²) in [6.07, 6.45) is -2.25. The van der Waals surface area contributed by atoms with Gasteiger partial charge < -0.3 is 10.2 Å². The highest BCUT2D eigenvalue weighted by Crippen LogP contribution is 2.36. The smallest absolute Gasteiger partial charge is 0.101 e. The fourth-order valence-electron chi connectivity index (χ4n) is 6.70. The maximum Gasteiger partial charge on any atom is 0.101 e. The Hall–Kier alpha value is -4.84. The van der Waals surface area contributed by atoms with Gasteiger partial charge in [-0.25, -0.2) is 0 Å². The zero-order valence-corrected chi connectivity index (χ0v) is 27.2. The van der Waals surface area contributed by atoms with Gasteiger partial charge in [0.15, 0.2) is 0 Å². The Bertz CT molecular complexity index is 1540. The van der Waals surface area contributed by atoms with Crippen LogP contribution < -0.4 is 0 Å². The Kier molecular flexibility index (Phi) is 11.6. The molecule has 48 heavy (non-hydrogen) atoms. The molecule has 0 bridgehead atoms. The second-order valence-electron chi connectivity index (χ2n) is 12.4. The van der Waals surface area contributed by atoms with Gasteiger partial charge in [0.1, 0.15) is 12.2 Å². The number of benzene rings is 6. The molecule has 6 rings (SSSR count). The van der Waals surface area contributed by atoms with E-state index in [9.17, 15) is 10.2 Å². The van der Waals surface area contributed by atoms with Crippen LogP contribution in [0.3, 0.4) is 0 Å². The van der Waals surface area contributed by atoms with Crippen LogP contribution in [0.15, 0.2) is 182 Å². The molecule has 0 aliphatic rings. The Morgan fingerprint density at radius 3 is 0.750 bits per heavy atom. The van der Waals surface area contributed by atoms with Crippen molar-refractivity contribution < 1.29 is 10.2 Å². The highest BCUT2D eigenvalue weighted by molar-refractivity contribution is 5.27. The third-order valence-corrected chi connectivity index (χ3v) is 8.98. The van der Waals surface area contributed by atoms with E-state index in [0.29, 0.717) is 26.2 Å². The molecule has 4 nitrogen and oxygen atoms in total. The lowest BCUT2D eigenvalue weighted by atomic mass is 9.88. The average molecular weight is 633 g/mol. The first kappa shape index (κ1) is 33.1. The van der Waals surface area contributed by atoms with Gasteiger partial charge in [-0.15, -0.1) is 0 Å². The third-order valence-electron chi connectivity index (χ3n) is 8.98. The van der Waals surface area contributed by atoms with Gasteiger partial charge in [-0.3, -0.25) is 9.80 Å². The van der Waals surface area contributed by atoms with Crippen molar-refractivity contribution in [2.75, 3.05) is 0 Å². The molecule has 242 valence electrons. The van der Waals surface area contributed by atoms with E-state index in [0.717, 1.165) is 33.4 Å². The zero-order valence-electron chi connectivity index (χ0n) is 27.2. The van der Waals surface area contributed by atoms with Crippen molar-refractivity contribution in [2.24, 2.45) is 0 Å². The predicted octanol–water partition coefficient (Wildman–Crippen LogP) is 8.60. The number of aliphatic hydroxyl groups is 2. The summed E-state index contributed by atoms with van der Waals surface area (Å²) < 4.78 is 0. The van der Waals surface area contributed by atoms with Crippen molar-refractivity contribution in [1.82, 2.24) is 9.80 Å². The molecule has 4 heteroatoms. The lowest BCUT2D eigenvalue weighted by molar-refractivity contribution is -0.0851. The standard InChI is InChI=1S/C44H44N2O2/c47-43(41(39-27-15-5-16-28-39)45(31-35-19-7-1-8-20-35)32-36-21-9-2-10-22-36)44(48)42(40-29-17-6-18-30-40)46(33-37-23-11-3-12-24-37)34-38-25-13-4-14-26-38/h1-30,41-44,47-48H,31-34H2/t41-,42-,43-,44+/m0/s1. The molecule has 0 unspecified atom stereocenters. The quantitative estimate of drug-likeness (QED) is 0.119. The summed E-state index contributed by atoms with van der Waals surface area (Å²) in [6.45, 7) is 2.42. The van der Waals surface area contributed by atoms with Gasteiger partial charge in [0, 0.05) is 26.2 Å². The first-order chi connectivity index (χ1) is 23.7. The maximum absolute atomic E-state index is 12.7. The summed E-state index contributed by atoms with van der Waals surface area (Å²) in [6, 6.07) is 60.8. The molecule has 0 amide bonds. The average Bonchev–Trinajstić information content (AvgIpc) is 3.14. The largest absolute Gasteiger partial charge is 0.388 e. The summed E-state index contributed by atoms with van der Waals surface area (Å²) >= 11 is 0. The van der Waals surface area contributed by atoms with Crippen molar-refractivity contribution in [2.45, 2.75) is 50.5 Å². The van der Waals surface area contributed by atoms with Crippen LogP contribution in [0, 0.1) is 0 Å². The van der Waals surface area contributed by atoms with Crippen molar-refractivity contribution in [3.63, 3.8) is 0 Å². The number of hydrogen-bond acceptors (Lipinski definition) is 4. The van der Waals surface area contributed by atoms with Crippen LogP contribution in [0.2, 0.25) is 0 Å². The normalized spacial score (nSPS) is 14.0. The molecular formula is C44H44N2O2. The molecule has 0 saturated heterocycles. The molecule has 0 heterocycles. The third kappa shape index (κ3) is 8.74. The summed E-state index contributed by atoms with van der Waals surface area (Å²) in [5.74, 6) is 0. The van der Waals surface area contributed by atoms with Crippen molar-refractivity contribution in [1.29, 1.82) is 0 Å². The minimum Gasteiger partial charge on any atom is -0.388 e. The monoisotopic (exact) mass is 632 g/mol. The van der Waals surface area contributed by atoms with E-state index in [4.69, 9.17) is 0 Å². The van der Waals surface area contributed by atoms with E-state index in [2.05, 4.69) is 131 Å². The van der Waals surface area contributed by atoms with Crippen molar-refractivity contribution >= 4 is 0 Å². The second-order valence-corrected chi connectivity index (χ2v) is 12.4. The van der Waals surface area contributed by atoms with E-state index in [1.807, 2.05) is 60.7 Å². The van der Waals surface area contributed by atoms with E-state index in [1.54, 1.807) is 0 Å². The molecular weight excluding hydrogens is 588 g/mol. The van der Waals surface area contributed by atoms with Gasteiger partial charge in [0.2, 0.25) is 0 Å². The minimum absolute atomic E-state index is 0.497. The van der Waals surface area contributed by atoms with Gasteiger partial charge >= 0.3 is 0 Å². The van der Waals surface area contributed by atoms with Crippen LogP contribution in [-0.4, -0.2) is 32.2 Å². The summed E-state index contributed by atoms with van der Waals surface area (Å²) in [5.41, 5.74) is 6.49. The first-order valence-electron chi connectivity index (χ1n) is 16.8. The highest BCUT2D eigenvalue weighted by Gasteiger charge is 2.39. The fourth-order valence-corrected chi connectivity index (χ4v) is 6.70. The molecule has 6 aromatic rings. The summed E-state index contributed by atoms with van der Waals surface area (Å²) in [4.78, 5) is 4.60. The van der Waals surface area contributed by atoms with Crippen LogP contribution >= 0.6 is 0 Å². The van der Waals surface area contributed by atoms with Gasteiger partial charge in [-0.05, 0) is 33.4 Å². The number of hydrogen-bond donors (Lipinski definition) is 2. The molecule has 2 N–H and O–H groups in total. The van der Waals surface area contributed by atoms with Crippen molar-refractivity contribution in [3.8, 4) is 0 Å². The fraction of sp³-hybridized carbons (Fsp3) is 0.182. The zero-order chi connectivity index (χ0) is 33.0. The summed E-state index contributed by atoms with van der Waals surface area (Å²) in [7, 11) is 0. The number of nitrogens with zero attached hydrogens (tertiary/aromatic N) is 2. The van der Waals surface area contributed by atoms with E-state index >= 15 is 0 Å². The molecule has 0 spiro atoms. The van der Waals surface area contributed by atoms with E-state index in [-0.39, 0.29) is 0 Å². The molecule has 6 aromatic carbocycles. The topological polar surface area (TPSA) is 46.9 Å². The summed E-state index contributed by atoms with van der Waals surface area (Å²) in [5, 5.41) is 25.3. The Morgan fingerprint density at radius 2 is 0.521 bits per heavy atom. The number of aliphatic hydroxyl groups excluding tert-OH is 2. The first-order valence-corrected chi connectivity index (χ1v) is 16.8. The second kappa shape index (κ2) is 16.8. The van der Waals surface area contributed by atoms with Gasteiger partial charge in [0.25, 0.3) is 0 Å². The lowest BCUT2D eigenvalue weighted by Gasteiger charge is -2.42. The number of rotatable bonds is 15. The van der Waals surface area contributed by atoms with Gasteiger partial charge in [-0.2, -0.15) is 0 Å². The van der Waals surface area contributed by atoms with Crippen LogP contribution in [-0.2, 0) is 26.2 Å². The van der Waals surface area contributed by atoms with Gasteiger partial charge in [0.05, 0.1) is 12.1 Å². The molecule has 4 atom stereocenters. The van der Waals surface area contributed by atoms with E-state index < -0.39 is 24.3 Å². The van der Waals surface area contributed by atoms with Crippen LogP contribution in [0.4, 0.5) is 0 Å². The Balaban J connectivity index is 1.43. The molecule has 0 fully saturated rings. The van der Waals surface area contributed by atoms with Crippen LogP contribution in [0.25, 0.3) is 0 Å². The Labute approximate surface area is 285 Å². The molecule has 0 aromatic heterocycles. The molecule has 0 aliphatic carbocycles. The van der Waals surface area contributed by atoms with Crippen LogP contribution in [0.5, 0.6) is 0 Å². The lowest BCUT2D eigenvalue weighted by Crippen LogP contribution is -2.48. The molecule has 0 aliphatic heterocycles. The Morgan fingerprint density at radius 1 is 0.312 bits per heavy atom. The SMILES string of the molecule is O[C@H]([C@H](O)[C@H](c1ccccc1)N(Cc1ccccc1)Cc1ccccc1)[C@H](c1ccccc1)N(Cc1ccccc1)Cc1ccccc1. The maximum atomic E-state index is 12.7. The highest BCUT2D eigenvalue weighted by atomic mass is 16.3. The van der Waals surface area contributed by atoms with Crippen molar-refractivity contribution in [3.05, 3.63) is 215 Å². The predicted molar refractivity (Wildman–Crippen MR) is 195 cm³/mol. The van der Waals surface area contributed by atoms with Gasteiger partial charge in [-0.1, -0.05) is 182 Å². The van der Waals surface area contributed by atoms with Crippen LogP contribution in [0.1, 0.15) is 45.5 Å². The molecule has 0 radical (unpaired) electrons. The minimum atomic E-state index is -1.13.